The van der Waals surface area contributed by atoms with Gasteiger partial charge in [-0.25, -0.2) is 60.7 Å². The normalized spacial score (nSPS) is 23.9. The van der Waals surface area contributed by atoms with E-state index in [9.17, 15) is 65.4 Å². The molecule has 5 N–H and O–H groups in total. The van der Waals surface area contributed by atoms with Crippen LogP contribution in [0.25, 0.3) is 11.0 Å². The molecule has 0 bridgehead atoms. The maximum Gasteiger partial charge on any atom is 1.00 e. The number of aliphatic carboxylic acids is 2. The number of carbonyl (C=O) groups is 8. The zero-order valence-electron chi connectivity index (χ0n) is 62.8. The fourth-order valence-electron chi connectivity index (χ4n) is 11.4. The number of allylic oxidation sites excluding steroid dienone is 2. The Morgan fingerprint density at radius 2 is 1.07 bits per heavy atom. The molecule has 41 heteroatoms. The summed E-state index contributed by atoms with van der Waals surface area (Å²) in [6.45, 7) is 24.6. The number of aromatic nitrogens is 9. The number of aliphatic hydroxyl groups excluding tert-OH is 1. The number of hydrogen-bond acceptors (Lipinski definition) is 27. The molecule has 1 aromatic carbocycles. The predicted octanol–water partition coefficient (Wildman–Crippen LogP) is 4.70. The number of ether oxygens (including phenoxy) is 5. The van der Waals surface area contributed by atoms with Gasteiger partial charge in [0.1, 0.15) is 57.3 Å². The first-order chi connectivity index (χ1) is 50.3. The number of nitrogens with one attached hydrogen (secondary N) is 2. The van der Waals surface area contributed by atoms with Gasteiger partial charge in [0, 0.05) is 56.4 Å². The number of likely N-dealkylation sites (tertiary alicyclic amines) is 3. The Morgan fingerprint density at radius 3 is 1.53 bits per heavy atom. The summed E-state index contributed by atoms with van der Waals surface area (Å²) in [5, 5.41) is 35.2. The van der Waals surface area contributed by atoms with Crippen LogP contribution in [-0.4, -0.2) is 223 Å². The molecule has 0 radical (unpaired) electrons. The van der Waals surface area contributed by atoms with Gasteiger partial charge in [-0.05, 0) is 159 Å². The van der Waals surface area contributed by atoms with E-state index in [0.717, 1.165) is 9.80 Å². The van der Waals surface area contributed by atoms with E-state index in [4.69, 9.17) is 68.4 Å². The first-order valence-corrected chi connectivity index (χ1v) is 38.4. The summed E-state index contributed by atoms with van der Waals surface area (Å²) >= 11 is 16.4. The van der Waals surface area contributed by atoms with Crippen LogP contribution in [-0.2, 0) is 58.2 Å². The summed E-state index contributed by atoms with van der Waals surface area (Å²) in [6.07, 6.45) is 6.83. The molecule has 5 aromatic rings. The number of β-amino-alcohol motifs (C(OH)–C–C–N with tert-alkyl or cyclic N) is 1. The number of nitrogens with zero attached hydrogens (tertiary/aromatic N) is 12. The Labute approximate surface area is 667 Å². The fraction of sp³-hybridized carbons (Fsp3) is 0.559. The van der Waals surface area contributed by atoms with Gasteiger partial charge in [0.25, 0.3) is 0 Å². The number of carbonyl (C=O) groups excluding carboxylic acids is 6. The van der Waals surface area contributed by atoms with Gasteiger partial charge in [0.2, 0.25) is 54.2 Å². The molecule has 3 saturated heterocycles. The van der Waals surface area contributed by atoms with Gasteiger partial charge in [-0.1, -0.05) is 47.7 Å². The van der Waals surface area contributed by atoms with Crippen LogP contribution in [0.2, 0.25) is 15.7 Å². The average molecular weight is 1630 g/mol. The summed E-state index contributed by atoms with van der Waals surface area (Å²) < 4.78 is 80.0. The quantitative estimate of drug-likeness (QED) is 0.0246. The Hall–Kier alpha value is -8.17. The monoisotopic (exact) mass is 1630 g/mol. The molecule has 7 fully saturated rings. The Morgan fingerprint density at radius 1 is 0.615 bits per heavy atom. The molecule has 4 saturated carbocycles. The number of sulfonamides is 2. The van der Waals surface area contributed by atoms with Crippen molar-refractivity contribution in [1.29, 1.82) is 0 Å². The summed E-state index contributed by atoms with van der Waals surface area (Å²) in [6, 6.07) is 8.71. The number of fused-ring (bicyclic) bond motifs is 1. The zero-order valence-corrected chi connectivity index (χ0v) is 67.7. The smallest absolute Gasteiger partial charge is 1.00 e. The molecule has 10 atom stereocenters. The number of Topliss-reactive ketones (excluding diaryl/α,β-unsaturated/α-hetero) is 1. The fourth-order valence-corrected chi connectivity index (χ4v) is 14.7. The standard InChI is InChI=1S/C30H35N7O8S.C14H18ClN3O5.C10H17NO5.C10H15NO3S.C4H2Cl2N2.Na.H/c1-5-18-15-30(18,26(39)34-46(41,42)20-10-11-20)16-24(38)23-14-19(17-36(23)28(40)44-29(2,3)4)43-25-12-13-31-27(32-25)45-37-22-9-7-6-8-21(22)33-35-37;1-14(2,3)23-13(21)18-7-8(6-9(18)11(19)20)22-10-4-5-16-12(15)17-10;1-10(2,3)16-9(15)11-5-6(12)4-7(11)8(13)14;1-3-7-6-10(7,2)9(12)11-15(13,14)8-4-5-8;5-3-1-2-7-4(6)8-3;;/h5-9,12-13,18-20,23H,1,10-11,14-17H2,2-4H3,(H,34,39);4-5,8-9H,6-7H2,1-3H3,(H,19,20);6-7,12H,4-5H2,1-3H3,(H,13,14);3,7-8H,1,4-6H2,2H3,(H,11,12);1-2H;;/q;;;;;+1;-1/t18?,19-,23+,30?;8-,9+;6-,7+;;;;/m111..../s1. The van der Waals surface area contributed by atoms with Crippen LogP contribution in [0.15, 0.2) is 86.4 Å². The topological polar surface area (TPSA) is 463 Å². The van der Waals surface area contributed by atoms with Crippen molar-refractivity contribution in [2.75, 3.05) is 19.6 Å². The number of ketones is 1. The maximum atomic E-state index is 13.9. The van der Waals surface area contributed by atoms with Crippen LogP contribution in [0.4, 0.5) is 14.4 Å². The molecule has 35 nitrogen and oxygen atoms in total. The molecule has 4 aliphatic carbocycles. The van der Waals surface area contributed by atoms with E-state index in [1.165, 1.54) is 40.5 Å². The van der Waals surface area contributed by atoms with Crippen LogP contribution >= 0.6 is 34.8 Å². The minimum atomic E-state index is -3.82. The van der Waals surface area contributed by atoms with Crippen LogP contribution in [0.5, 0.6) is 17.8 Å². The van der Waals surface area contributed by atoms with Gasteiger partial charge in [0.15, 0.2) is 5.78 Å². The molecule has 4 unspecified atom stereocenters. The molecule has 12 rings (SSSR count). The minimum Gasteiger partial charge on any atom is -1.00 e. The van der Waals surface area contributed by atoms with E-state index in [1.54, 1.807) is 99.6 Å². The largest absolute Gasteiger partial charge is 1.00 e. The summed E-state index contributed by atoms with van der Waals surface area (Å²) in [5.74, 6) is -3.64. The first-order valence-electron chi connectivity index (χ1n) is 34.1. The Balaban J connectivity index is 0.000000245. The van der Waals surface area contributed by atoms with Crippen molar-refractivity contribution < 1.29 is 130 Å². The van der Waals surface area contributed by atoms with Crippen molar-refractivity contribution >= 4 is 114 Å². The molecule has 109 heavy (non-hydrogen) atoms. The van der Waals surface area contributed by atoms with Gasteiger partial charge >= 0.3 is 65.8 Å². The molecule has 7 heterocycles. The SMILES string of the molecule is C=CC1CC1(C)C(=O)NS(=O)(=O)C1CC1.C=CC1CC1(CC(=O)[C@@H]1C[C@@H](Oc2ccnc(On3nnc4ccccc43)n2)CN1C(=O)OC(C)(C)C)C(=O)NS(=O)(=O)C1CC1.CC(C)(C)OC(=O)N1C[C@H](O)C[C@H]1C(=O)O.CC(C)(C)OC(=O)N1C[C@H](Oc2ccnc(Cl)n2)C[C@H]1C(=O)O.Clc1ccnc(Cl)n1.[H-].[Na+]. The Kier molecular flexibility index (Phi) is 29.0. The number of amides is 5. The number of carboxylic acid groups (broad SMARTS) is 2. The number of para-hydroxylation sites is 1. The van der Waals surface area contributed by atoms with Gasteiger partial charge in [-0.3, -0.25) is 38.5 Å². The van der Waals surface area contributed by atoms with E-state index >= 15 is 0 Å². The summed E-state index contributed by atoms with van der Waals surface area (Å²) in [5.41, 5.74) is -2.81. The molecule has 0 spiro atoms. The van der Waals surface area contributed by atoms with Crippen LogP contribution in [0.1, 0.15) is 135 Å². The predicted molar refractivity (Wildman–Crippen MR) is 387 cm³/mol. The summed E-state index contributed by atoms with van der Waals surface area (Å²) in [7, 11) is -7.21. The van der Waals surface area contributed by atoms with Crippen LogP contribution in [0.3, 0.4) is 0 Å². The second kappa shape index (κ2) is 35.9. The van der Waals surface area contributed by atoms with E-state index in [-0.39, 0.29) is 134 Å². The molecule has 3 aliphatic heterocycles. The molecule has 4 aromatic heterocycles. The van der Waals surface area contributed by atoms with E-state index in [2.05, 4.69) is 62.8 Å². The van der Waals surface area contributed by atoms with Gasteiger partial charge in [0.05, 0.1) is 53.1 Å². The molecular formula is C68H88Cl3N14NaO21S2. The number of benzene rings is 1. The zero-order chi connectivity index (χ0) is 79.8. The average Bonchev–Trinajstić information content (AvgIpc) is 1.59. The second-order valence-electron chi connectivity index (χ2n) is 29.7. The van der Waals surface area contributed by atoms with Crippen molar-refractivity contribution in [1.82, 2.24) is 69.2 Å². The van der Waals surface area contributed by atoms with Gasteiger partial charge < -0.3 is 45.3 Å². The van der Waals surface area contributed by atoms with Crippen molar-refractivity contribution in [2.24, 2.45) is 22.7 Å². The molecular weight excluding hydrogens is 1540 g/mol. The summed E-state index contributed by atoms with van der Waals surface area (Å²) in [4.78, 5) is 132. The van der Waals surface area contributed by atoms with Crippen LogP contribution in [0, 0.1) is 22.7 Å². The van der Waals surface area contributed by atoms with Crippen molar-refractivity contribution in [3.05, 3.63) is 102 Å². The van der Waals surface area contributed by atoms with E-state index < -0.39 is 131 Å². The second-order valence-corrected chi connectivity index (χ2v) is 34.6. The number of aliphatic hydroxyl groups is 1. The number of hydrogen-bond donors (Lipinski definition) is 5. The first kappa shape index (κ1) is 88.0. The third-order valence-corrected chi connectivity index (χ3v) is 21.6. The maximum absolute atomic E-state index is 13.9. The van der Waals surface area contributed by atoms with E-state index in [0.29, 0.717) is 48.3 Å². The van der Waals surface area contributed by atoms with Gasteiger partial charge in [-0.2, -0.15) is 9.97 Å². The van der Waals surface area contributed by atoms with Crippen molar-refractivity contribution in [2.45, 2.75) is 197 Å². The van der Waals surface area contributed by atoms with Gasteiger partial charge in [-0.15, -0.1) is 18.3 Å². The molecule has 7 aliphatic rings. The number of carboxylic acids is 2. The Bertz CT molecular complexity index is 4420. The van der Waals surface area contributed by atoms with E-state index in [1.807, 2.05) is 12.1 Å². The number of halogens is 3. The van der Waals surface area contributed by atoms with Crippen molar-refractivity contribution in [3.8, 4) is 17.8 Å². The van der Waals surface area contributed by atoms with Crippen LogP contribution < -0.4 is 53.3 Å². The molecule has 590 valence electrons. The molecule has 5 amide bonds. The number of rotatable bonds is 19. The third kappa shape index (κ3) is 24.9. The van der Waals surface area contributed by atoms with Crippen molar-refractivity contribution in [3.63, 3.8) is 0 Å². The minimum absolute atomic E-state index is 0. The third-order valence-electron chi connectivity index (χ3n) is 17.4.